The summed E-state index contributed by atoms with van der Waals surface area (Å²) in [6.07, 6.45) is 0. The lowest BCUT2D eigenvalue weighted by Crippen LogP contribution is -2.10. The van der Waals surface area contributed by atoms with Gasteiger partial charge in [0.2, 0.25) is 0 Å². The molecule has 0 atom stereocenters. The molecule has 0 aliphatic rings. The minimum atomic E-state index is 0.719. The van der Waals surface area contributed by atoms with Crippen molar-refractivity contribution < 1.29 is 0 Å². The molecule has 0 saturated heterocycles. The second-order valence-electron chi connectivity index (χ2n) is 12.1. The van der Waals surface area contributed by atoms with Gasteiger partial charge in [-0.15, -0.1) is 0 Å². The van der Waals surface area contributed by atoms with E-state index in [1.807, 2.05) is 12.1 Å². The molecule has 0 aliphatic carbocycles. The summed E-state index contributed by atoms with van der Waals surface area (Å²) in [5.74, 6) is 0. The molecule has 0 aliphatic heterocycles. The van der Waals surface area contributed by atoms with Crippen LogP contribution in [-0.4, -0.2) is 0 Å². The largest absolute Gasteiger partial charge is 0.310 e. The molecule has 230 valence electrons. The van der Waals surface area contributed by atoms with Gasteiger partial charge in [-0.3, -0.25) is 0 Å². The smallest absolute Gasteiger partial charge is 0.0540 e. The standard InChI is InChI=1S/C45H33ClN2/c1-32-16-24-38(25-17-32)47(44-14-6-10-35-8-2-4-12-42(35)44)39-26-18-33(19-27-39)34-20-28-40(29-21-34)48(41-30-22-37(46)23-31-41)45-15-7-11-36-9-3-5-13-43(36)45/h2-31H,1H3. The van der Waals surface area contributed by atoms with Crippen LogP contribution in [0.3, 0.4) is 0 Å². The van der Waals surface area contributed by atoms with Gasteiger partial charge < -0.3 is 9.80 Å². The Morgan fingerprint density at radius 1 is 0.354 bits per heavy atom. The van der Waals surface area contributed by atoms with Gasteiger partial charge in [0.05, 0.1) is 11.4 Å². The molecule has 0 bridgehead atoms. The van der Waals surface area contributed by atoms with E-state index in [4.69, 9.17) is 11.6 Å². The Kier molecular flexibility index (Phi) is 7.86. The van der Waals surface area contributed by atoms with Crippen LogP contribution in [0.25, 0.3) is 32.7 Å². The van der Waals surface area contributed by atoms with E-state index < -0.39 is 0 Å². The highest BCUT2D eigenvalue weighted by Crippen LogP contribution is 2.41. The molecule has 3 heteroatoms. The van der Waals surface area contributed by atoms with Crippen molar-refractivity contribution in [2.45, 2.75) is 6.92 Å². The molecule has 0 aromatic heterocycles. The summed E-state index contributed by atoms with van der Waals surface area (Å²) in [7, 11) is 0. The van der Waals surface area contributed by atoms with E-state index in [-0.39, 0.29) is 0 Å². The van der Waals surface area contributed by atoms with E-state index in [9.17, 15) is 0 Å². The molecule has 8 aromatic carbocycles. The summed E-state index contributed by atoms with van der Waals surface area (Å²) < 4.78 is 0. The van der Waals surface area contributed by atoms with E-state index in [1.165, 1.54) is 27.1 Å². The molecule has 0 saturated carbocycles. The van der Waals surface area contributed by atoms with E-state index in [2.05, 4.69) is 187 Å². The number of aryl methyl sites for hydroxylation is 1. The fourth-order valence-electron chi connectivity index (χ4n) is 6.55. The number of anilines is 6. The molecule has 0 N–H and O–H groups in total. The van der Waals surface area contributed by atoms with Gasteiger partial charge in [-0.1, -0.05) is 126 Å². The molecule has 0 spiro atoms. The summed E-state index contributed by atoms with van der Waals surface area (Å²) in [5.41, 5.74) is 10.2. The summed E-state index contributed by atoms with van der Waals surface area (Å²) in [5, 5.41) is 5.56. The van der Waals surface area contributed by atoms with E-state index >= 15 is 0 Å². The molecule has 0 heterocycles. The van der Waals surface area contributed by atoms with Crippen LogP contribution >= 0.6 is 11.6 Å². The normalized spacial score (nSPS) is 11.1. The third kappa shape index (κ3) is 5.68. The van der Waals surface area contributed by atoms with Crippen LogP contribution in [0.15, 0.2) is 182 Å². The van der Waals surface area contributed by atoms with E-state index in [1.54, 1.807) is 0 Å². The fourth-order valence-corrected chi connectivity index (χ4v) is 6.68. The molecule has 0 radical (unpaired) electrons. The number of nitrogens with zero attached hydrogens (tertiary/aromatic N) is 2. The van der Waals surface area contributed by atoms with Gasteiger partial charge in [-0.05, 0) is 102 Å². The zero-order valence-electron chi connectivity index (χ0n) is 26.6. The molecule has 2 nitrogen and oxygen atoms in total. The Balaban J connectivity index is 1.16. The molecule has 0 amide bonds. The summed E-state index contributed by atoms with van der Waals surface area (Å²) >= 11 is 6.30. The maximum Gasteiger partial charge on any atom is 0.0540 e. The number of hydrogen-bond donors (Lipinski definition) is 0. The van der Waals surface area contributed by atoms with Crippen LogP contribution in [0, 0.1) is 6.92 Å². The Morgan fingerprint density at radius 3 is 1.15 bits per heavy atom. The van der Waals surface area contributed by atoms with Crippen LogP contribution in [0.5, 0.6) is 0 Å². The predicted octanol–water partition coefficient (Wildman–Crippen LogP) is 13.6. The fraction of sp³-hybridized carbons (Fsp3) is 0.0222. The Bertz CT molecular complexity index is 2160. The lowest BCUT2D eigenvalue weighted by Gasteiger charge is -2.27. The second kappa shape index (κ2) is 12.8. The molecular formula is C45H33ClN2. The predicted molar refractivity (Wildman–Crippen MR) is 206 cm³/mol. The number of benzene rings is 8. The third-order valence-electron chi connectivity index (χ3n) is 8.98. The minimum absolute atomic E-state index is 0.719. The maximum atomic E-state index is 6.30. The second-order valence-corrected chi connectivity index (χ2v) is 12.5. The highest BCUT2D eigenvalue weighted by molar-refractivity contribution is 6.30. The monoisotopic (exact) mass is 636 g/mol. The molecule has 0 fully saturated rings. The molecule has 48 heavy (non-hydrogen) atoms. The molecule has 0 unspecified atom stereocenters. The summed E-state index contributed by atoms with van der Waals surface area (Å²) in [6, 6.07) is 64.6. The molecule has 8 rings (SSSR count). The van der Waals surface area contributed by atoms with E-state index in [0.717, 1.165) is 50.3 Å². The van der Waals surface area contributed by atoms with Crippen LogP contribution in [-0.2, 0) is 0 Å². The lowest BCUT2D eigenvalue weighted by molar-refractivity contribution is 1.29. The van der Waals surface area contributed by atoms with Crippen LogP contribution in [0.1, 0.15) is 5.56 Å². The van der Waals surface area contributed by atoms with Gasteiger partial charge in [0.1, 0.15) is 0 Å². The number of rotatable bonds is 7. The van der Waals surface area contributed by atoms with Gasteiger partial charge in [-0.25, -0.2) is 0 Å². The van der Waals surface area contributed by atoms with Crippen molar-refractivity contribution in [3.63, 3.8) is 0 Å². The number of halogens is 1. The summed E-state index contributed by atoms with van der Waals surface area (Å²) in [6.45, 7) is 2.13. The average molecular weight is 637 g/mol. The minimum Gasteiger partial charge on any atom is -0.310 e. The van der Waals surface area contributed by atoms with Gasteiger partial charge in [0.25, 0.3) is 0 Å². The Morgan fingerprint density at radius 2 is 0.708 bits per heavy atom. The van der Waals surface area contributed by atoms with Crippen LogP contribution < -0.4 is 9.80 Å². The quantitative estimate of drug-likeness (QED) is 0.172. The third-order valence-corrected chi connectivity index (χ3v) is 9.23. The summed E-state index contributed by atoms with van der Waals surface area (Å²) in [4.78, 5) is 4.65. The van der Waals surface area contributed by atoms with Gasteiger partial charge in [-0.2, -0.15) is 0 Å². The van der Waals surface area contributed by atoms with Crippen molar-refractivity contribution in [1.29, 1.82) is 0 Å². The number of hydrogen-bond acceptors (Lipinski definition) is 2. The average Bonchev–Trinajstić information content (AvgIpc) is 3.14. The van der Waals surface area contributed by atoms with E-state index in [0.29, 0.717) is 0 Å². The Hall–Kier alpha value is -5.83. The molecular weight excluding hydrogens is 604 g/mol. The van der Waals surface area contributed by atoms with Crippen LogP contribution in [0.4, 0.5) is 34.1 Å². The van der Waals surface area contributed by atoms with Gasteiger partial charge >= 0.3 is 0 Å². The van der Waals surface area contributed by atoms with Crippen molar-refractivity contribution in [1.82, 2.24) is 0 Å². The van der Waals surface area contributed by atoms with Crippen molar-refractivity contribution in [3.05, 3.63) is 193 Å². The first-order chi connectivity index (χ1) is 23.6. The van der Waals surface area contributed by atoms with Crippen molar-refractivity contribution in [2.75, 3.05) is 9.80 Å². The first-order valence-corrected chi connectivity index (χ1v) is 16.6. The highest BCUT2D eigenvalue weighted by Gasteiger charge is 2.17. The maximum absolute atomic E-state index is 6.30. The zero-order chi connectivity index (χ0) is 32.5. The number of fused-ring (bicyclic) bond motifs is 2. The Labute approximate surface area is 286 Å². The van der Waals surface area contributed by atoms with Crippen molar-refractivity contribution in [2.24, 2.45) is 0 Å². The first-order valence-electron chi connectivity index (χ1n) is 16.2. The lowest BCUT2D eigenvalue weighted by atomic mass is 10.0. The zero-order valence-corrected chi connectivity index (χ0v) is 27.3. The van der Waals surface area contributed by atoms with Gasteiger partial charge in [0.15, 0.2) is 0 Å². The highest BCUT2D eigenvalue weighted by atomic mass is 35.5. The van der Waals surface area contributed by atoms with Crippen molar-refractivity contribution >= 4 is 67.3 Å². The molecule has 8 aromatic rings. The SMILES string of the molecule is Cc1ccc(N(c2ccc(-c3ccc(N(c4ccc(Cl)cc4)c4cccc5ccccc45)cc3)cc2)c2cccc3ccccc23)cc1. The first kappa shape index (κ1) is 29.6. The van der Waals surface area contributed by atoms with Crippen molar-refractivity contribution in [3.8, 4) is 11.1 Å². The van der Waals surface area contributed by atoms with Crippen LogP contribution in [0.2, 0.25) is 5.02 Å². The van der Waals surface area contributed by atoms with Gasteiger partial charge in [0, 0.05) is 38.5 Å². The topological polar surface area (TPSA) is 6.48 Å².